The molecule has 3 rings (SSSR count). The number of amides is 1. The molecule has 8 heteroatoms. The molecule has 0 radical (unpaired) electrons. The van der Waals surface area contributed by atoms with Crippen LogP contribution >= 0.6 is 11.8 Å². The van der Waals surface area contributed by atoms with Gasteiger partial charge in [-0.15, -0.1) is 10.2 Å². The number of carbonyl (C=O) groups excluding carboxylic acids is 2. The Balaban J connectivity index is 1.73. The first kappa shape index (κ1) is 19.9. The number of rotatable bonds is 6. The van der Waals surface area contributed by atoms with Gasteiger partial charge in [0.25, 0.3) is 0 Å². The summed E-state index contributed by atoms with van der Waals surface area (Å²) >= 11 is 1.17. The van der Waals surface area contributed by atoms with Crippen LogP contribution in [0.5, 0.6) is 0 Å². The number of nitrogens with one attached hydrogen (secondary N) is 1. The van der Waals surface area contributed by atoms with E-state index in [2.05, 4.69) is 29.4 Å². The normalized spacial score (nSPS) is 12.2. The second kappa shape index (κ2) is 8.43. The van der Waals surface area contributed by atoms with Gasteiger partial charge in [-0.25, -0.2) is 4.57 Å². The average Bonchev–Trinajstić information content (AvgIpc) is 3.31. The Morgan fingerprint density at radius 3 is 2.39 bits per heavy atom. The van der Waals surface area contributed by atoms with Crippen molar-refractivity contribution in [2.45, 2.75) is 44.0 Å². The van der Waals surface area contributed by atoms with Gasteiger partial charge in [0, 0.05) is 12.6 Å². The molecule has 3 aromatic rings. The number of carbonyl (C=O) groups is 2. The molecule has 146 valence electrons. The van der Waals surface area contributed by atoms with Crippen LogP contribution in [0.25, 0.3) is 11.6 Å². The number of hydrogen-bond donors (Lipinski definition) is 1. The lowest BCUT2D eigenvalue weighted by Gasteiger charge is -2.13. The molecule has 0 spiro atoms. The van der Waals surface area contributed by atoms with Crippen LogP contribution in [0, 0.1) is 0 Å². The Kier molecular flexibility index (Phi) is 5.99. The van der Waals surface area contributed by atoms with E-state index in [4.69, 9.17) is 4.42 Å². The van der Waals surface area contributed by atoms with Gasteiger partial charge in [-0.1, -0.05) is 37.7 Å². The van der Waals surface area contributed by atoms with Gasteiger partial charge in [0.15, 0.2) is 10.9 Å². The lowest BCUT2D eigenvalue weighted by Crippen LogP contribution is -2.23. The fourth-order valence-electron chi connectivity index (χ4n) is 2.60. The van der Waals surface area contributed by atoms with Crippen LogP contribution in [-0.4, -0.2) is 31.8 Å². The van der Waals surface area contributed by atoms with Gasteiger partial charge in [0.2, 0.25) is 17.6 Å². The molecule has 1 amide bonds. The summed E-state index contributed by atoms with van der Waals surface area (Å²) in [5, 5.41) is 10.9. The molecule has 28 heavy (non-hydrogen) atoms. The minimum absolute atomic E-state index is 0.181. The van der Waals surface area contributed by atoms with E-state index in [0.717, 1.165) is 5.69 Å². The van der Waals surface area contributed by atoms with E-state index in [0.29, 0.717) is 22.7 Å². The Bertz CT molecular complexity index is 962. The average molecular weight is 398 g/mol. The molecule has 2 aromatic heterocycles. The van der Waals surface area contributed by atoms with E-state index in [-0.39, 0.29) is 11.8 Å². The topological polar surface area (TPSA) is 90.0 Å². The Labute approximate surface area is 167 Å². The molecule has 2 heterocycles. The zero-order valence-corrected chi connectivity index (χ0v) is 17.0. The second-order valence-corrected chi connectivity index (χ2v) is 7.97. The highest BCUT2D eigenvalue weighted by Crippen LogP contribution is 2.27. The number of aromatic nitrogens is 3. The summed E-state index contributed by atoms with van der Waals surface area (Å²) in [4.78, 5) is 24.7. The van der Waals surface area contributed by atoms with Crippen molar-refractivity contribution in [3.8, 4) is 11.6 Å². The van der Waals surface area contributed by atoms with E-state index >= 15 is 0 Å². The van der Waals surface area contributed by atoms with Crippen LogP contribution in [0.1, 0.15) is 44.0 Å². The molecule has 0 aliphatic rings. The number of furan rings is 1. The monoisotopic (exact) mass is 398 g/mol. The fraction of sp³-hybridized carbons (Fsp3) is 0.300. The largest absolute Gasteiger partial charge is 0.461 e. The molecule has 1 aromatic carbocycles. The maximum atomic E-state index is 12.6. The predicted octanol–water partition coefficient (Wildman–Crippen LogP) is 4.44. The SMILES string of the molecule is CC(=O)n1c(SC(C)C(=O)Nc2ccc(C(C)C)cc2)nnc1-c1ccco1. The van der Waals surface area contributed by atoms with Crippen molar-refractivity contribution in [2.75, 3.05) is 5.32 Å². The zero-order chi connectivity index (χ0) is 20.3. The van der Waals surface area contributed by atoms with Gasteiger partial charge in [-0.05, 0) is 42.7 Å². The van der Waals surface area contributed by atoms with Gasteiger partial charge in [-0.2, -0.15) is 0 Å². The first-order valence-corrected chi connectivity index (χ1v) is 9.82. The molecule has 0 bridgehead atoms. The summed E-state index contributed by atoms with van der Waals surface area (Å²) < 4.78 is 6.67. The van der Waals surface area contributed by atoms with Gasteiger partial charge in [-0.3, -0.25) is 9.59 Å². The molecular formula is C20H22N4O3S. The third-order valence-electron chi connectivity index (χ3n) is 4.19. The van der Waals surface area contributed by atoms with Gasteiger partial charge in [0.05, 0.1) is 11.5 Å². The van der Waals surface area contributed by atoms with Crippen LogP contribution in [0.2, 0.25) is 0 Å². The van der Waals surface area contributed by atoms with Crippen molar-refractivity contribution >= 4 is 29.3 Å². The minimum Gasteiger partial charge on any atom is -0.461 e. The first-order valence-electron chi connectivity index (χ1n) is 8.94. The van der Waals surface area contributed by atoms with E-state index in [1.807, 2.05) is 24.3 Å². The fourth-order valence-corrected chi connectivity index (χ4v) is 3.49. The van der Waals surface area contributed by atoms with Crippen molar-refractivity contribution in [1.82, 2.24) is 14.8 Å². The van der Waals surface area contributed by atoms with E-state index in [1.54, 1.807) is 19.1 Å². The highest BCUT2D eigenvalue weighted by molar-refractivity contribution is 8.00. The van der Waals surface area contributed by atoms with Crippen LogP contribution in [0.3, 0.4) is 0 Å². The number of benzene rings is 1. The maximum absolute atomic E-state index is 12.6. The number of anilines is 1. The Morgan fingerprint density at radius 1 is 1.11 bits per heavy atom. The quantitative estimate of drug-likeness (QED) is 0.617. The van der Waals surface area contributed by atoms with Crippen LogP contribution in [0.15, 0.2) is 52.2 Å². The highest BCUT2D eigenvalue weighted by Gasteiger charge is 2.23. The summed E-state index contributed by atoms with van der Waals surface area (Å²) in [6.07, 6.45) is 1.50. The van der Waals surface area contributed by atoms with Crippen molar-refractivity contribution < 1.29 is 14.0 Å². The zero-order valence-electron chi connectivity index (χ0n) is 16.2. The van der Waals surface area contributed by atoms with Gasteiger partial charge in [0.1, 0.15) is 0 Å². The smallest absolute Gasteiger partial charge is 0.237 e. The number of nitrogens with zero attached hydrogens (tertiary/aromatic N) is 3. The molecular weight excluding hydrogens is 376 g/mol. The number of thioether (sulfide) groups is 1. The maximum Gasteiger partial charge on any atom is 0.237 e. The van der Waals surface area contributed by atoms with Crippen LogP contribution in [0.4, 0.5) is 5.69 Å². The van der Waals surface area contributed by atoms with Crippen LogP contribution < -0.4 is 5.32 Å². The predicted molar refractivity (Wildman–Crippen MR) is 109 cm³/mol. The molecule has 1 N–H and O–H groups in total. The molecule has 1 unspecified atom stereocenters. The highest BCUT2D eigenvalue weighted by atomic mass is 32.2. The Hall–Kier alpha value is -2.87. The first-order chi connectivity index (χ1) is 13.4. The molecule has 1 atom stereocenters. The lowest BCUT2D eigenvalue weighted by molar-refractivity contribution is -0.115. The molecule has 0 aliphatic carbocycles. The molecule has 7 nitrogen and oxygen atoms in total. The van der Waals surface area contributed by atoms with E-state index < -0.39 is 5.25 Å². The molecule has 0 saturated carbocycles. The summed E-state index contributed by atoms with van der Waals surface area (Å²) in [6, 6.07) is 11.2. The Morgan fingerprint density at radius 2 is 1.82 bits per heavy atom. The summed E-state index contributed by atoms with van der Waals surface area (Å²) in [7, 11) is 0. The summed E-state index contributed by atoms with van der Waals surface area (Å²) in [5.74, 6) is 0.755. The van der Waals surface area contributed by atoms with Gasteiger partial charge < -0.3 is 9.73 Å². The van der Waals surface area contributed by atoms with Crippen molar-refractivity contribution in [3.63, 3.8) is 0 Å². The standard InChI is InChI=1S/C20H22N4O3S/c1-12(2)15-7-9-16(10-8-15)21-19(26)13(3)28-20-23-22-18(24(20)14(4)25)17-6-5-11-27-17/h5-13H,1-4H3,(H,21,26). The van der Waals surface area contributed by atoms with E-state index in [1.165, 1.54) is 35.1 Å². The molecule has 0 aliphatic heterocycles. The van der Waals surface area contributed by atoms with Crippen molar-refractivity contribution in [3.05, 3.63) is 48.2 Å². The lowest BCUT2D eigenvalue weighted by atomic mass is 10.0. The number of hydrogen-bond acceptors (Lipinski definition) is 6. The molecule has 0 fully saturated rings. The van der Waals surface area contributed by atoms with Gasteiger partial charge >= 0.3 is 0 Å². The van der Waals surface area contributed by atoms with Crippen molar-refractivity contribution in [2.24, 2.45) is 0 Å². The van der Waals surface area contributed by atoms with E-state index in [9.17, 15) is 9.59 Å². The molecule has 0 saturated heterocycles. The second-order valence-electron chi connectivity index (χ2n) is 6.66. The third-order valence-corrected chi connectivity index (χ3v) is 5.23. The summed E-state index contributed by atoms with van der Waals surface area (Å²) in [5.41, 5.74) is 1.94. The van der Waals surface area contributed by atoms with Crippen molar-refractivity contribution in [1.29, 1.82) is 0 Å². The third kappa shape index (κ3) is 4.33. The summed E-state index contributed by atoms with van der Waals surface area (Å²) in [6.45, 7) is 7.41. The van der Waals surface area contributed by atoms with Crippen LogP contribution in [-0.2, 0) is 4.79 Å². The minimum atomic E-state index is -0.475.